The maximum absolute atomic E-state index is 11.6. The molecule has 132 valence electrons. The highest BCUT2D eigenvalue weighted by molar-refractivity contribution is 5.92. The molecule has 3 aromatic rings. The average Bonchev–Trinajstić information content (AvgIpc) is 3.15. The van der Waals surface area contributed by atoms with Gasteiger partial charge in [-0.25, -0.2) is 4.68 Å². The van der Waals surface area contributed by atoms with Gasteiger partial charge in [-0.1, -0.05) is 42.5 Å². The summed E-state index contributed by atoms with van der Waals surface area (Å²) in [6.45, 7) is 2.41. The summed E-state index contributed by atoms with van der Waals surface area (Å²) in [4.78, 5) is 11.6. The zero-order valence-electron chi connectivity index (χ0n) is 14.3. The molecule has 1 saturated heterocycles. The lowest BCUT2D eigenvalue weighted by Crippen LogP contribution is -2.33. The Labute approximate surface area is 151 Å². The van der Waals surface area contributed by atoms with Gasteiger partial charge in [0.25, 0.3) is 5.91 Å². The van der Waals surface area contributed by atoms with E-state index in [1.165, 1.54) is 0 Å². The van der Waals surface area contributed by atoms with E-state index in [4.69, 9.17) is 10.5 Å². The summed E-state index contributed by atoms with van der Waals surface area (Å²) in [6, 6.07) is 19.6. The van der Waals surface area contributed by atoms with E-state index < -0.39 is 5.91 Å². The third-order valence-corrected chi connectivity index (χ3v) is 4.47. The average molecular weight is 348 g/mol. The zero-order chi connectivity index (χ0) is 17.9. The SMILES string of the molecule is NC(=O)c1cc(-c2ccccc2)n(-c2ccc(C3CNCCO3)cc2)n1. The first-order chi connectivity index (χ1) is 12.7. The van der Waals surface area contributed by atoms with Crippen LogP contribution in [-0.4, -0.2) is 35.4 Å². The predicted molar refractivity (Wildman–Crippen MR) is 99.1 cm³/mol. The van der Waals surface area contributed by atoms with Crippen LogP contribution in [0.5, 0.6) is 0 Å². The van der Waals surface area contributed by atoms with Crippen molar-refractivity contribution < 1.29 is 9.53 Å². The van der Waals surface area contributed by atoms with Crippen LogP contribution in [0.3, 0.4) is 0 Å². The molecule has 6 nitrogen and oxygen atoms in total. The molecule has 1 atom stereocenters. The second-order valence-electron chi connectivity index (χ2n) is 6.21. The van der Waals surface area contributed by atoms with Gasteiger partial charge in [0.1, 0.15) is 0 Å². The van der Waals surface area contributed by atoms with Crippen LogP contribution in [0.4, 0.5) is 0 Å². The third kappa shape index (κ3) is 3.24. The molecule has 0 radical (unpaired) electrons. The predicted octanol–water partition coefficient (Wildman–Crippen LogP) is 2.30. The molecule has 1 aromatic heterocycles. The molecule has 1 aliphatic heterocycles. The summed E-state index contributed by atoms with van der Waals surface area (Å²) >= 11 is 0. The van der Waals surface area contributed by atoms with Crippen molar-refractivity contribution in [2.75, 3.05) is 19.7 Å². The quantitative estimate of drug-likeness (QED) is 0.758. The van der Waals surface area contributed by atoms with E-state index in [0.717, 1.165) is 35.6 Å². The fraction of sp³-hybridized carbons (Fsp3) is 0.200. The van der Waals surface area contributed by atoms with Gasteiger partial charge in [-0.3, -0.25) is 4.79 Å². The maximum atomic E-state index is 11.6. The monoisotopic (exact) mass is 348 g/mol. The molecular weight excluding hydrogens is 328 g/mol. The number of rotatable bonds is 4. The van der Waals surface area contributed by atoms with Gasteiger partial charge in [0.2, 0.25) is 0 Å². The van der Waals surface area contributed by atoms with Crippen LogP contribution in [0, 0.1) is 0 Å². The fourth-order valence-corrected chi connectivity index (χ4v) is 3.12. The molecule has 1 aliphatic rings. The molecule has 0 bridgehead atoms. The first kappa shape index (κ1) is 16.5. The summed E-state index contributed by atoms with van der Waals surface area (Å²) < 4.78 is 7.54. The van der Waals surface area contributed by atoms with Gasteiger partial charge < -0.3 is 15.8 Å². The summed E-state index contributed by atoms with van der Waals surface area (Å²) in [5.74, 6) is -0.542. The first-order valence-electron chi connectivity index (χ1n) is 8.60. The normalized spacial score (nSPS) is 17.2. The van der Waals surface area contributed by atoms with Crippen molar-refractivity contribution in [3.63, 3.8) is 0 Å². The number of carbonyl (C=O) groups excluding carboxylic acids is 1. The lowest BCUT2D eigenvalue weighted by atomic mass is 10.1. The minimum absolute atomic E-state index is 0.0604. The second-order valence-corrected chi connectivity index (χ2v) is 6.21. The minimum Gasteiger partial charge on any atom is -0.371 e. The summed E-state index contributed by atoms with van der Waals surface area (Å²) in [5, 5.41) is 7.73. The lowest BCUT2D eigenvalue weighted by molar-refractivity contribution is 0.0277. The highest BCUT2D eigenvalue weighted by Gasteiger charge is 2.17. The molecule has 4 rings (SSSR count). The molecule has 0 aliphatic carbocycles. The first-order valence-corrected chi connectivity index (χ1v) is 8.60. The molecule has 1 fully saturated rings. The van der Waals surface area contributed by atoms with E-state index in [-0.39, 0.29) is 11.8 Å². The Hall–Kier alpha value is -2.96. The lowest BCUT2D eigenvalue weighted by Gasteiger charge is -2.24. The van der Waals surface area contributed by atoms with E-state index in [2.05, 4.69) is 10.4 Å². The van der Waals surface area contributed by atoms with Gasteiger partial charge >= 0.3 is 0 Å². The van der Waals surface area contributed by atoms with Crippen molar-refractivity contribution in [2.24, 2.45) is 5.73 Å². The number of nitrogens with two attached hydrogens (primary N) is 1. The Morgan fingerprint density at radius 1 is 1.15 bits per heavy atom. The van der Waals surface area contributed by atoms with E-state index in [1.54, 1.807) is 10.7 Å². The van der Waals surface area contributed by atoms with Crippen LogP contribution in [-0.2, 0) is 4.74 Å². The highest BCUT2D eigenvalue weighted by Crippen LogP contribution is 2.26. The minimum atomic E-state index is -0.542. The number of amides is 1. The standard InChI is InChI=1S/C20H20N4O2/c21-20(25)17-12-18(14-4-2-1-3-5-14)24(23-17)16-8-6-15(7-9-16)19-13-22-10-11-26-19/h1-9,12,19,22H,10-11,13H2,(H2,21,25). The van der Waals surface area contributed by atoms with Crippen molar-refractivity contribution in [2.45, 2.75) is 6.10 Å². The van der Waals surface area contributed by atoms with Crippen molar-refractivity contribution >= 4 is 5.91 Å². The molecule has 2 aromatic carbocycles. The topological polar surface area (TPSA) is 82.2 Å². The largest absolute Gasteiger partial charge is 0.371 e. The van der Waals surface area contributed by atoms with Gasteiger partial charge in [0.05, 0.1) is 24.1 Å². The highest BCUT2D eigenvalue weighted by atomic mass is 16.5. The van der Waals surface area contributed by atoms with Gasteiger partial charge in [-0.15, -0.1) is 0 Å². The molecule has 1 amide bonds. The van der Waals surface area contributed by atoms with Gasteiger partial charge in [-0.2, -0.15) is 5.10 Å². The Morgan fingerprint density at radius 2 is 1.92 bits per heavy atom. The van der Waals surface area contributed by atoms with Crippen LogP contribution in [0.15, 0.2) is 60.7 Å². The molecule has 1 unspecified atom stereocenters. The number of morpholine rings is 1. The van der Waals surface area contributed by atoms with Gasteiger partial charge in [0, 0.05) is 18.7 Å². The number of carbonyl (C=O) groups is 1. The Kier molecular flexibility index (Phi) is 4.51. The number of benzene rings is 2. The van der Waals surface area contributed by atoms with Crippen molar-refractivity contribution in [3.05, 3.63) is 71.9 Å². The molecular formula is C20H20N4O2. The van der Waals surface area contributed by atoms with Crippen LogP contribution in [0.25, 0.3) is 16.9 Å². The number of hydrogen-bond donors (Lipinski definition) is 2. The van der Waals surface area contributed by atoms with Crippen molar-refractivity contribution in [1.29, 1.82) is 0 Å². The van der Waals surface area contributed by atoms with Gasteiger partial charge in [-0.05, 0) is 23.8 Å². The zero-order valence-corrected chi connectivity index (χ0v) is 14.3. The Morgan fingerprint density at radius 3 is 2.58 bits per heavy atom. The van der Waals surface area contributed by atoms with E-state index in [1.807, 2.05) is 54.6 Å². The van der Waals surface area contributed by atoms with Gasteiger partial charge in [0.15, 0.2) is 5.69 Å². The molecule has 0 spiro atoms. The van der Waals surface area contributed by atoms with E-state index >= 15 is 0 Å². The number of nitrogens with zero attached hydrogens (tertiary/aromatic N) is 2. The molecule has 26 heavy (non-hydrogen) atoms. The molecule has 0 saturated carbocycles. The van der Waals surface area contributed by atoms with E-state index in [9.17, 15) is 4.79 Å². The van der Waals surface area contributed by atoms with Crippen LogP contribution in [0.2, 0.25) is 0 Å². The van der Waals surface area contributed by atoms with Crippen LogP contribution >= 0.6 is 0 Å². The molecule has 2 heterocycles. The summed E-state index contributed by atoms with van der Waals surface area (Å²) in [7, 11) is 0. The van der Waals surface area contributed by atoms with Crippen LogP contribution < -0.4 is 11.1 Å². The smallest absolute Gasteiger partial charge is 0.269 e. The number of hydrogen-bond acceptors (Lipinski definition) is 4. The van der Waals surface area contributed by atoms with Crippen molar-refractivity contribution in [3.8, 4) is 16.9 Å². The summed E-state index contributed by atoms with van der Waals surface area (Å²) in [5.41, 5.74) is 9.45. The van der Waals surface area contributed by atoms with E-state index in [0.29, 0.717) is 6.61 Å². The Balaban J connectivity index is 1.71. The molecule has 3 N–H and O–H groups in total. The molecule has 6 heteroatoms. The van der Waals surface area contributed by atoms with Crippen LogP contribution in [0.1, 0.15) is 22.2 Å². The summed E-state index contributed by atoms with van der Waals surface area (Å²) in [6.07, 6.45) is 0.0604. The fourth-order valence-electron chi connectivity index (χ4n) is 3.12. The number of primary amides is 1. The second kappa shape index (κ2) is 7.11. The number of aromatic nitrogens is 2. The number of ether oxygens (including phenoxy) is 1. The maximum Gasteiger partial charge on any atom is 0.269 e. The Bertz CT molecular complexity index is 897. The number of nitrogens with one attached hydrogen (secondary N) is 1. The van der Waals surface area contributed by atoms with Crippen molar-refractivity contribution in [1.82, 2.24) is 15.1 Å². The third-order valence-electron chi connectivity index (χ3n) is 4.47.